The van der Waals surface area contributed by atoms with E-state index in [1.54, 1.807) is 14.0 Å². The Labute approximate surface area is 77.0 Å². The Kier molecular flexibility index (Phi) is 4.21. The molecular weight excluding hydrogens is 176 g/mol. The molecule has 0 saturated carbocycles. The Morgan fingerprint density at radius 3 is 2.25 bits per heavy atom. The molecular formula is C7H13ClN4. The van der Waals surface area contributed by atoms with E-state index >= 15 is 0 Å². The number of aliphatic imine (C=N–C) groups is 1. The third-order valence-corrected chi connectivity index (χ3v) is 1.31. The SMILES string of the molecule is C=C(C)/N=C(/Cl)C(NC)=C(N)N. The second-order valence-corrected chi connectivity index (χ2v) is 2.58. The van der Waals surface area contributed by atoms with Crippen molar-refractivity contribution in [2.45, 2.75) is 6.92 Å². The lowest BCUT2D eigenvalue weighted by Gasteiger charge is -2.05. The first-order valence-electron chi connectivity index (χ1n) is 3.32. The maximum Gasteiger partial charge on any atom is 0.156 e. The quantitative estimate of drug-likeness (QED) is 0.564. The monoisotopic (exact) mass is 188 g/mol. The Morgan fingerprint density at radius 1 is 1.50 bits per heavy atom. The van der Waals surface area contributed by atoms with Crippen LogP contribution in [-0.4, -0.2) is 12.2 Å². The summed E-state index contributed by atoms with van der Waals surface area (Å²) in [5.41, 5.74) is 11.7. The van der Waals surface area contributed by atoms with Gasteiger partial charge in [0.15, 0.2) is 5.17 Å². The predicted molar refractivity (Wildman–Crippen MR) is 52.6 cm³/mol. The summed E-state index contributed by atoms with van der Waals surface area (Å²) in [7, 11) is 1.66. The van der Waals surface area contributed by atoms with Crippen LogP contribution in [0.15, 0.2) is 28.8 Å². The molecule has 0 saturated heterocycles. The van der Waals surface area contributed by atoms with Gasteiger partial charge >= 0.3 is 0 Å². The van der Waals surface area contributed by atoms with Crippen molar-refractivity contribution in [2.75, 3.05) is 7.05 Å². The zero-order valence-corrected chi connectivity index (χ0v) is 7.94. The van der Waals surface area contributed by atoms with Gasteiger partial charge in [-0.15, -0.1) is 0 Å². The van der Waals surface area contributed by atoms with E-state index in [1.807, 2.05) is 0 Å². The van der Waals surface area contributed by atoms with Gasteiger partial charge in [-0.2, -0.15) is 0 Å². The van der Waals surface area contributed by atoms with Gasteiger partial charge in [0, 0.05) is 12.7 Å². The summed E-state index contributed by atoms with van der Waals surface area (Å²) >= 11 is 5.75. The lowest BCUT2D eigenvalue weighted by Crippen LogP contribution is -2.23. The largest absolute Gasteiger partial charge is 0.384 e. The van der Waals surface area contributed by atoms with Gasteiger partial charge in [0.05, 0.1) is 0 Å². The van der Waals surface area contributed by atoms with Gasteiger partial charge < -0.3 is 16.8 Å². The van der Waals surface area contributed by atoms with E-state index < -0.39 is 0 Å². The molecule has 0 heterocycles. The van der Waals surface area contributed by atoms with E-state index in [-0.39, 0.29) is 11.0 Å². The van der Waals surface area contributed by atoms with E-state index in [2.05, 4.69) is 16.9 Å². The molecule has 5 N–H and O–H groups in total. The average Bonchev–Trinajstić information content (AvgIpc) is 1.85. The maximum atomic E-state index is 5.75. The summed E-state index contributed by atoms with van der Waals surface area (Å²) in [5, 5.41) is 2.95. The Balaban J connectivity index is 4.78. The fourth-order valence-electron chi connectivity index (χ4n) is 0.590. The smallest absolute Gasteiger partial charge is 0.156 e. The molecule has 12 heavy (non-hydrogen) atoms. The third-order valence-electron chi connectivity index (χ3n) is 1.03. The molecule has 0 rings (SSSR count). The highest BCUT2D eigenvalue weighted by molar-refractivity contribution is 6.69. The molecule has 0 aromatic heterocycles. The zero-order valence-electron chi connectivity index (χ0n) is 7.19. The molecule has 0 aliphatic rings. The van der Waals surface area contributed by atoms with Crippen LogP contribution in [-0.2, 0) is 0 Å². The van der Waals surface area contributed by atoms with Gasteiger partial charge in [-0.25, -0.2) is 4.99 Å². The lowest BCUT2D eigenvalue weighted by molar-refractivity contribution is 1.00. The molecule has 4 nitrogen and oxygen atoms in total. The second-order valence-electron chi connectivity index (χ2n) is 2.22. The minimum absolute atomic E-state index is 0.104. The Morgan fingerprint density at radius 2 is 2.00 bits per heavy atom. The summed E-state index contributed by atoms with van der Waals surface area (Å²) in [5.74, 6) is 0.104. The number of hydrogen-bond donors (Lipinski definition) is 3. The van der Waals surface area contributed by atoms with Crippen LogP contribution in [0.5, 0.6) is 0 Å². The minimum Gasteiger partial charge on any atom is -0.384 e. The summed E-state index contributed by atoms with van der Waals surface area (Å²) in [4.78, 5) is 3.88. The van der Waals surface area contributed by atoms with Crippen LogP contribution in [0.1, 0.15) is 6.92 Å². The van der Waals surface area contributed by atoms with E-state index in [9.17, 15) is 0 Å². The number of allylic oxidation sites excluding steroid dienone is 2. The number of nitrogens with one attached hydrogen (secondary N) is 1. The number of hydrogen-bond acceptors (Lipinski definition) is 4. The van der Waals surface area contributed by atoms with Crippen molar-refractivity contribution in [3.63, 3.8) is 0 Å². The van der Waals surface area contributed by atoms with Crippen molar-refractivity contribution in [3.8, 4) is 0 Å². The molecule has 0 bridgehead atoms. The zero-order chi connectivity index (χ0) is 9.72. The predicted octanol–water partition coefficient (Wildman–Crippen LogP) is 0.463. The molecule has 0 radical (unpaired) electrons. The maximum absolute atomic E-state index is 5.75. The number of rotatable bonds is 3. The van der Waals surface area contributed by atoms with Crippen LogP contribution in [0.2, 0.25) is 0 Å². The van der Waals surface area contributed by atoms with Crippen molar-refractivity contribution in [1.82, 2.24) is 5.32 Å². The van der Waals surface area contributed by atoms with Crippen molar-refractivity contribution in [2.24, 2.45) is 16.5 Å². The standard InChI is InChI=1S/C7H13ClN4/c1-4(2)12-6(8)5(11-3)7(9)10/h11H,1,9-10H2,2-3H3/b12-6+. The number of nitrogens with two attached hydrogens (primary N) is 2. The van der Waals surface area contributed by atoms with Crippen LogP contribution < -0.4 is 16.8 Å². The third kappa shape index (κ3) is 3.30. The highest BCUT2D eigenvalue weighted by atomic mass is 35.5. The number of nitrogens with zero attached hydrogens (tertiary/aromatic N) is 1. The molecule has 0 spiro atoms. The van der Waals surface area contributed by atoms with Gasteiger partial charge in [0.25, 0.3) is 0 Å². The molecule has 5 heteroatoms. The molecule has 0 aromatic rings. The highest BCUT2D eigenvalue weighted by Crippen LogP contribution is 2.03. The van der Waals surface area contributed by atoms with Gasteiger partial charge in [-0.1, -0.05) is 18.2 Å². The van der Waals surface area contributed by atoms with Gasteiger partial charge in [-0.05, 0) is 6.92 Å². The molecule has 68 valence electrons. The molecule has 0 aliphatic carbocycles. The number of halogens is 1. The Bertz CT molecular complexity index is 238. The van der Waals surface area contributed by atoms with Gasteiger partial charge in [-0.3, -0.25) is 0 Å². The summed E-state index contributed by atoms with van der Waals surface area (Å²) < 4.78 is 0. The average molecular weight is 189 g/mol. The molecule has 0 aromatic carbocycles. The van der Waals surface area contributed by atoms with Crippen molar-refractivity contribution in [3.05, 3.63) is 23.8 Å². The molecule has 0 aliphatic heterocycles. The van der Waals surface area contributed by atoms with Crippen molar-refractivity contribution < 1.29 is 0 Å². The van der Waals surface area contributed by atoms with E-state index in [1.165, 1.54) is 0 Å². The fourth-order valence-corrected chi connectivity index (χ4v) is 0.938. The van der Waals surface area contributed by atoms with Gasteiger partial charge in [0.2, 0.25) is 0 Å². The van der Waals surface area contributed by atoms with Crippen LogP contribution in [0.3, 0.4) is 0 Å². The van der Waals surface area contributed by atoms with E-state index in [4.69, 9.17) is 23.1 Å². The van der Waals surface area contributed by atoms with Crippen LogP contribution >= 0.6 is 11.6 Å². The first kappa shape index (κ1) is 10.8. The van der Waals surface area contributed by atoms with Crippen LogP contribution in [0.4, 0.5) is 0 Å². The van der Waals surface area contributed by atoms with Gasteiger partial charge in [0.1, 0.15) is 11.5 Å². The van der Waals surface area contributed by atoms with E-state index in [0.717, 1.165) is 0 Å². The molecule has 0 unspecified atom stereocenters. The Hall–Kier alpha value is -1.16. The normalized spacial score (nSPS) is 10.8. The summed E-state index contributed by atoms with van der Waals surface area (Å²) in [6, 6.07) is 0. The molecule has 0 amide bonds. The highest BCUT2D eigenvalue weighted by Gasteiger charge is 2.04. The first-order chi connectivity index (χ1) is 5.49. The second kappa shape index (κ2) is 4.66. The summed E-state index contributed by atoms with van der Waals surface area (Å²) in [6.07, 6.45) is 0. The minimum atomic E-state index is 0.104. The topological polar surface area (TPSA) is 76.4 Å². The van der Waals surface area contributed by atoms with Crippen LogP contribution in [0, 0.1) is 0 Å². The van der Waals surface area contributed by atoms with Crippen molar-refractivity contribution >= 4 is 16.8 Å². The lowest BCUT2D eigenvalue weighted by atomic mass is 10.4. The fraction of sp³-hybridized carbons (Fsp3) is 0.286. The van der Waals surface area contributed by atoms with Crippen LogP contribution in [0.25, 0.3) is 0 Å². The first-order valence-corrected chi connectivity index (χ1v) is 3.70. The van der Waals surface area contributed by atoms with Crippen molar-refractivity contribution in [1.29, 1.82) is 0 Å². The van der Waals surface area contributed by atoms with E-state index in [0.29, 0.717) is 11.4 Å². The summed E-state index contributed by atoms with van der Waals surface area (Å²) in [6.45, 7) is 5.29. The molecule has 0 fully saturated rings. The molecule has 0 atom stereocenters.